The zero-order valence-electron chi connectivity index (χ0n) is 16.2. The Kier molecular flexibility index (Phi) is 8.63. The third-order valence-electron chi connectivity index (χ3n) is 2.89. The topological polar surface area (TPSA) is 165 Å². The summed E-state index contributed by atoms with van der Waals surface area (Å²) < 4.78 is 29.4. The number of aliphatic imine (C=N–C) groups is 1. The van der Waals surface area contributed by atoms with E-state index in [1.165, 1.54) is 11.3 Å². The number of rotatable bonds is 8. The number of nitrogens with zero attached hydrogens (tertiary/aromatic N) is 2. The minimum absolute atomic E-state index is 0.158. The molecule has 13 heteroatoms. The van der Waals surface area contributed by atoms with Crippen LogP contribution in [0, 0.1) is 0 Å². The third kappa shape index (κ3) is 10.7. The van der Waals surface area contributed by atoms with Crippen molar-refractivity contribution >= 4 is 44.5 Å². The number of thiazole rings is 1. The highest BCUT2D eigenvalue weighted by atomic mass is 32.2. The molecule has 1 heterocycles. The quantitative estimate of drug-likeness (QED) is 0.264. The number of anilines is 1. The predicted molar refractivity (Wildman–Crippen MR) is 108 cm³/mol. The van der Waals surface area contributed by atoms with Gasteiger partial charge in [-0.1, -0.05) is 0 Å². The summed E-state index contributed by atoms with van der Waals surface area (Å²) in [7, 11) is -3.50. The maximum Gasteiger partial charge on any atom is 0.408 e. The average molecular weight is 435 g/mol. The Bertz CT molecular complexity index is 786. The van der Waals surface area contributed by atoms with Gasteiger partial charge in [0.2, 0.25) is 21.9 Å². The number of hydrogen-bond acceptors (Lipinski definition) is 8. The highest BCUT2D eigenvalue weighted by Gasteiger charge is 2.24. The fourth-order valence-electron chi connectivity index (χ4n) is 1.91. The van der Waals surface area contributed by atoms with Crippen molar-refractivity contribution in [1.29, 1.82) is 0 Å². The van der Waals surface area contributed by atoms with E-state index in [0.29, 0.717) is 11.6 Å². The Labute approximate surface area is 168 Å². The molecule has 1 aromatic rings. The van der Waals surface area contributed by atoms with Gasteiger partial charge < -0.3 is 21.1 Å². The van der Waals surface area contributed by atoms with Crippen LogP contribution in [0.3, 0.4) is 0 Å². The van der Waals surface area contributed by atoms with Gasteiger partial charge in [0.1, 0.15) is 11.6 Å². The second kappa shape index (κ2) is 10.2. The summed E-state index contributed by atoms with van der Waals surface area (Å²) in [6.45, 7) is 5.29. The molecule has 0 aromatic carbocycles. The van der Waals surface area contributed by atoms with Crippen LogP contribution in [-0.4, -0.2) is 55.8 Å². The molecule has 0 fully saturated rings. The first kappa shape index (κ1) is 23.6. The standard InChI is InChI=1S/C15H26N6O5S2/c1-15(2,3)26-14(23)19-10(11(22)20-13-18-8-9-27-13)6-5-7-17-12(16)21-28(4,24)25/h8-10H,5-7H2,1-4H3,(H,19,23)(H3,16,17,21)(H,18,20,22)/t10-/m0/s1. The lowest BCUT2D eigenvalue weighted by molar-refractivity contribution is -0.118. The van der Waals surface area contributed by atoms with E-state index in [1.807, 2.05) is 4.72 Å². The molecule has 0 unspecified atom stereocenters. The summed E-state index contributed by atoms with van der Waals surface area (Å²) in [5.41, 5.74) is 4.75. The predicted octanol–water partition coefficient (Wildman–Crippen LogP) is 0.619. The van der Waals surface area contributed by atoms with Crippen LogP contribution in [0.1, 0.15) is 33.6 Å². The van der Waals surface area contributed by atoms with E-state index < -0.39 is 33.7 Å². The fraction of sp³-hybridized carbons (Fsp3) is 0.600. The Hall–Kier alpha value is -2.41. The molecular weight excluding hydrogens is 408 g/mol. The number of guanidine groups is 1. The van der Waals surface area contributed by atoms with Gasteiger partial charge >= 0.3 is 6.09 Å². The highest BCUT2D eigenvalue weighted by Crippen LogP contribution is 2.12. The lowest BCUT2D eigenvalue weighted by atomic mass is 10.1. The van der Waals surface area contributed by atoms with E-state index in [4.69, 9.17) is 10.5 Å². The number of carbonyl (C=O) groups excluding carboxylic acids is 2. The van der Waals surface area contributed by atoms with Crippen LogP contribution in [0.2, 0.25) is 0 Å². The van der Waals surface area contributed by atoms with Crippen molar-refractivity contribution in [3.05, 3.63) is 11.6 Å². The van der Waals surface area contributed by atoms with Crippen LogP contribution >= 0.6 is 11.3 Å². The SMILES string of the molecule is CC(C)(C)OC(=O)N[C@@H](CCCN=C(N)NS(C)(=O)=O)C(=O)Nc1nccs1. The second-order valence-electron chi connectivity index (χ2n) is 6.81. The van der Waals surface area contributed by atoms with E-state index in [1.54, 1.807) is 32.3 Å². The van der Waals surface area contributed by atoms with Crippen molar-refractivity contribution in [2.45, 2.75) is 45.3 Å². The van der Waals surface area contributed by atoms with Crippen LogP contribution in [-0.2, 0) is 19.6 Å². The maximum atomic E-state index is 12.5. The zero-order chi connectivity index (χ0) is 21.4. The van der Waals surface area contributed by atoms with E-state index >= 15 is 0 Å². The highest BCUT2D eigenvalue weighted by molar-refractivity contribution is 7.89. The van der Waals surface area contributed by atoms with Crippen molar-refractivity contribution in [2.24, 2.45) is 10.7 Å². The van der Waals surface area contributed by atoms with Gasteiger partial charge in [0, 0.05) is 18.1 Å². The molecule has 11 nitrogen and oxygen atoms in total. The summed E-state index contributed by atoms with van der Waals surface area (Å²) in [4.78, 5) is 32.3. The normalized spacial score (nSPS) is 13.5. The molecule has 1 rings (SSSR count). The molecule has 0 spiro atoms. The molecule has 0 radical (unpaired) electrons. The maximum absolute atomic E-state index is 12.5. The Morgan fingerprint density at radius 3 is 2.61 bits per heavy atom. The first-order chi connectivity index (χ1) is 12.9. The summed E-state index contributed by atoms with van der Waals surface area (Å²) in [5, 5.41) is 7.25. The minimum Gasteiger partial charge on any atom is -0.444 e. The number of amides is 2. The van der Waals surface area contributed by atoms with Crippen molar-refractivity contribution in [3.8, 4) is 0 Å². The van der Waals surface area contributed by atoms with E-state index in [0.717, 1.165) is 6.26 Å². The van der Waals surface area contributed by atoms with Gasteiger partial charge in [-0.2, -0.15) is 0 Å². The number of hydrogen-bond donors (Lipinski definition) is 4. The molecular formula is C15H26N6O5S2. The van der Waals surface area contributed by atoms with Crippen molar-refractivity contribution in [3.63, 3.8) is 0 Å². The first-order valence-electron chi connectivity index (χ1n) is 8.33. The fourth-order valence-corrected chi connectivity index (χ4v) is 2.89. The van der Waals surface area contributed by atoms with Gasteiger partial charge in [-0.3, -0.25) is 14.5 Å². The van der Waals surface area contributed by atoms with Gasteiger partial charge in [-0.25, -0.2) is 18.2 Å². The molecule has 158 valence electrons. The van der Waals surface area contributed by atoms with Crippen LogP contribution < -0.4 is 21.1 Å². The number of nitrogens with two attached hydrogens (primary N) is 1. The summed E-state index contributed by atoms with van der Waals surface area (Å²) in [5.74, 6) is -0.696. The Balaban J connectivity index is 2.67. The van der Waals surface area contributed by atoms with Gasteiger partial charge in [-0.15, -0.1) is 11.3 Å². The third-order valence-corrected chi connectivity index (χ3v) is 4.16. The number of alkyl carbamates (subject to hydrolysis) is 1. The van der Waals surface area contributed by atoms with Crippen molar-refractivity contribution < 1.29 is 22.7 Å². The van der Waals surface area contributed by atoms with Gasteiger partial charge in [0.15, 0.2) is 5.13 Å². The smallest absolute Gasteiger partial charge is 0.408 e. The molecule has 28 heavy (non-hydrogen) atoms. The molecule has 0 saturated carbocycles. The largest absolute Gasteiger partial charge is 0.444 e. The molecule has 5 N–H and O–H groups in total. The number of carbonyl (C=O) groups is 2. The summed E-state index contributed by atoms with van der Waals surface area (Å²) >= 11 is 1.24. The van der Waals surface area contributed by atoms with Gasteiger partial charge in [0.25, 0.3) is 0 Å². The molecule has 1 atom stereocenters. The lowest BCUT2D eigenvalue weighted by Gasteiger charge is -2.23. The van der Waals surface area contributed by atoms with E-state index in [-0.39, 0.29) is 18.9 Å². The van der Waals surface area contributed by atoms with E-state index in [9.17, 15) is 18.0 Å². The Morgan fingerprint density at radius 2 is 2.07 bits per heavy atom. The number of sulfonamides is 1. The monoisotopic (exact) mass is 434 g/mol. The average Bonchev–Trinajstić information content (AvgIpc) is 2.99. The van der Waals surface area contributed by atoms with Crippen molar-refractivity contribution in [2.75, 3.05) is 18.1 Å². The van der Waals surface area contributed by atoms with Crippen LogP contribution in [0.4, 0.5) is 9.93 Å². The number of aromatic nitrogens is 1. The molecule has 1 aromatic heterocycles. The van der Waals surface area contributed by atoms with Gasteiger partial charge in [-0.05, 0) is 33.6 Å². The number of nitrogens with one attached hydrogen (secondary N) is 3. The molecule has 0 aliphatic heterocycles. The Morgan fingerprint density at radius 1 is 1.39 bits per heavy atom. The molecule has 0 bridgehead atoms. The first-order valence-corrected chi connectivity index (χ1v) is 11.1. The van der Waals surface area contributed by atoms with E-state index in [2.05, 4.69) is 20.6 Å². The molecule has 2 amide bonds. The van der Waals surface area contributed by atoms with Crippen LogP contribution in [0.5, 0.6) is 0 Å². The zero-order valence-corrected chi connectivity index (χ0v) is 17.8. The summed E-state index contributed by atoms with van der Waals surface area (Å²) in [6, 6.07) is -0.891. The van der Waals surface area contributed by atoms with Crippen LogP contribution in [0.25, 0.3) is 0 Å². The number of ether oxygens (including phenoxy) is 1. The molecule has 0 saturated heterocycles. The van der Waals surface area contributed by atoms with Crippen molar-refractivity contribution in [1.82, 2.24) is 15.0 Å². The van der Waals surface area contributed by atoms with Gasteiger partial charge in [0.05, 0.1) is 6.26 Å². The molecule has 0 aliphatic rings. The summed E-state index contributed by atoms with van der Waals surface area (Å²) in [6.07, 6.45) is 2.36. The van der Waals surface area contributed by atoms with Crippen LogP contribution in [0.15, 0.2) is 16.6 Å². The minimum atomic E-state index is -3.50. The lowest BCUT2D eigenvalue weighted by Crippen LogP contribution is -2.45. The second-order valence-corrected chi connectivity index (χ2v) is 9.45. The molecule has 0 aliphatic carbocycles.